The van der Waals surface area contributed by atoms with Gasteiger partial charge < -0.3 is 74.1 Å². The summed E-state index contributed by atoms with van der Waals surface area (Å²) in [4.78, 5) is 11.1. The van der Waals surface area contributed by atoms with Gasteiger partial charge in [-0.3, -0.25) is 0 Å². The van der Waals surface area contributed by atoms with Crippen LogP contribution in [0.15, 0.2) is 0 Å². The number of aldehydes is 1. The van der Waals surface area contributed by atoms with Crippen LogP contribution in [0.5, 0.6) is 0 Å². The van der Waals surface area contributed by atoms with E-state index >= 15 is 0 Å². The molecule has 3 aliphatic rings. The van der Waals surface area contributed by atoms with Crippen LogP contribution in [0.4, 0.5) is 0 Å². The average molecular weight is 686 g/mol. The number of rotatable bonds is 8. The van der Waals surface area contributed by atoms with E-state index in [-0.39, 0.29) is 26.7 Å². The van der Waals surface area contributed by atoms with Gasteiger partial charge in [-0.2, -0.15) is 0 Å². The van der Waals surface area contributed by atoms with Gasteiger partial charge in [0.25, 0.3) is 0 Å². The molecular weight excluding hydrogens is 654 g/mol. The van der Waals surface area contributed by atoms with Crippen LogP contribution in [0, 0.1) is 6.42 Å². The van der Waals surface area contributed by atoms with Crippen LogP contribution in [0.3, 0.4) is 0 Å². The van der Waals surface area contributed by atoms with Gasteiger partial charge in [-0.05, 0) is 6.10 Å². The fourth-order valence-corrected chi connectivity index (χ4v) is 4.00. The molecule has 3 saturated heterocycles. The minimum Gasteiger partial charge on any atom is -0.422 e. The van der Waals surface area contributed by atoms with Gasteiger partial charge in [0.05, 0.1) is 19.3 Å². The summed E-state index contributed by atoms with van der Waals surface area (Å²) in [5.41, 5.74) is 0. The number of ether oxygens (including phenoxy) is 6. The van der Waals surface area contributed by atoms with E-state index in [0.29, 0.717) is 0 Å². The summed E-state index contributed by atoms with van der Waals surface area (Å²) in [5.74, 6) is 0. The molecule has 0 unspecified atom stereocenters. The summed E-state index contributed by atoms with van der Waals surface area (Å²) in [6.07, 6.45) is -19.7. The van der Waals surface area contributed by atoms with Crippen molar-refractivity contribution < 1.29 is 94.5 Å². The summed E-state index contributed by atoms with van der Waals surface area (Å²) in [6.45, 7) is -1.40. The molecule has 3 aliphatic heterocycles. The molecule has 15 nitrogen and oxygen atoms in total. The van der Waals surface area contributed by atoms with E-state index in [2.05, 4.69) is 0 Å². The van der Waals surface area contributed by atoms with Gasteiger partial charge in [0.15, 0.2) is 18.9 Å². The van der Waals surface area contributed by atoms with Gasteiger partial charge in [0, 0.05) is 33.8 Å². The normalized spacial score (nSPS) is 48.7. The Morgan fingerprint density at radius 2 is 1.29 bits per heavy atom. The van der Waals surface area contributed by atoms with Crippen LogP contribution >= 0.6 is 0 Å². The molecule has 14 atom stereocenters. The van der Waals surface area contributed by atoms with E-state index in [0.717, 1.165) is 6.42 Å². The van der Waals surface area contributed by atoms with Crippen LogP contribution in [-0.2, 0) is 53.6 Å². The molecule has 0 amide bonds. The zero-order valence-corrected chi connectivity index (χ0v) is 21.2. The number of aliphatic hydroxyl groups excluding tert-OH is 8. The van der Waals surface area contributed by atoms with Crippen LogP contribution in [0.2, 0.25) is 0 Å². The molecule has 205 valence electrons. The van der Waals surface area contributed by atoms with E-state index in [1.807, 2.05) is 0 Å². The zero-order chi connectivity index (χ0) is 25.2. The Balaban J connectivity index is 0.00000432. The number of hydrogen-bond donors (Lipinski definition) is 8. The maximum Gasteiger partial charge on any atom is 0.187 e. The van der Waals surface area contributed by atoms with Gasteiger partial charge in [-0.25, -0.2) is 6.42 Å². The Bertz CT molecular complexity index is 656. The average Bonchev–Trinajstić information content (AvgIpc) is 2.83. The van der Waals surface area contributed by atoms with Crippen LogP contribution in [0.1, 0.15) is 0 Å². The van der Waals surface area contributed by atoms with Crippen molar-refractivity contribution in [2.45, 2.75) is 86.0 Å². The number of carbonyl (C=O) groups excluding carboxylic acids is 1. The van der Waals surface area contributed by atoms with E-state index in [9.17, 15) is 45.6 Å². The van der Waals surface area contributed by atoms with Crippen molar-refractivity contribution in [3.8, 4) is 0 Å². The molecule has 0 spiro atoms. The Kier molecular flexibility index (Phi) is 12.0. The van der Waals surface area contributed by atoms with Crippen LogP contribution < -0.4 is 0 Å². The third kappa shape index (κ3) is 6.62. The molecule has 8 N–H and O–H groups in total. The van der Waals surface area contributed by atoms with Crippen molar-refractivity contribution in [3.63, 3.8) is 0 Å². The van der Waals surface area contributed by atoms with Gasteiger partial charge in [-0.1, -0.05) is 0 Å². The summed E-state index contributed by atoms with van der Waals surface area (Å²) < 4.78 is 31.9. The predicted molar refractivity (Wildman–Crippen MR) is 103 cm³/mol. The van der Waals surface area contributed by atoms with E-state index in [1.165, 1.54) is 7.11 Å². The van der Waals surface area contributed by atoms with Crippen molar-refractivity contribution in [3.05, 3.63) is 6.42 Å². The molecule has 35 heavy (non-hydrogen) atoms. The fraction of sp³-hybridized carbons (Fsp3) is 0.895. The third-order valence-electron chi connectivity index (χ3n) is 5.92. The quantitative estimate of drug-likeness (QED) is 0.0878. The molecule has 3 heterocycles. The van der Waals surface area contributed by atoms with E-state index < -0.39 is 99.2 Å². The Morgan fingerprint density at radius 3 is 1.80 bits per heavy atom. The van der Waals surface area contributed by atoms with E-state index in [4.69, 9.17) is 28.4 Å². The Morgan fingerprint density at radius 1 is 0.771 bits per heavy atom. The number of aliphatic hydroxyl groups is 8. The third-order valence-corrected chi connectivity index (χ3v) is 5.92. The largest absolute Gasteiger partial charge is 0.422 e. The molecule has 0 aliphatic carbocycles. The first-order chi connectivity index (χ1) is 16.2. The van der Waals surface area contributed by atoms with Crippen molar-refractivity contribution in [2.75, 3.05) is 20.3 Å². The molecule has 0 aromatic carbocycles. The molecule has 0 bridgehead atoms. The Hall–Kier alpha value is -0.228. The first-order valence-corrected chi connectivity index (χ1v) is 10.6. The summed E-state index contributed by atoms with van der Waals surface area (Å²) in [5, 5.41) is 80.6. The molecule has 0 saturated carbocycles. The SMILES string of the molecule is CO[C@@H]1O[C@H](CO)[C@@H](O[C@@H]2O[C@H](CO)[C@@H](O[C@H]3[CH-][C@@H](O)[C@@H](O)[C@@H](C=O)O3)[C@H](O)[C@H]2O)[C@H](O)[C@H]1O.[Re]. The molecule has 0 aromatic rings. The van der Waals surface area contributed by atoms with Gasteiger partial charge in [0.1, 0.15) is 54.9 Å². The van der Waals surface area contributed by atoms with Crippen molar-refractivity contribution in [1.29, 1.82) is 0 Å². The molecular formula is C19H31O15Re-. The van der Waals surface area contributed by atoms with Crippen LogP contribution in [0.25, 0.3) is 0 Å². The monoisotopic (exact) mass is 686 g/mol. The molecule has 3 fully saturated rings. The minimum atomic E-state index is -1.82. The van der Waals surface area contributed by atoms with Gasteiger partial charge >= 0.3 is 0 Å². The van der Waals surface area contributed by atoms with Crippen molar-refractivity contribution in [1.82, 2.24) is 0 Å². The smallest absolute Gasteiger partial charge is 0.187 e. The fourth-order valence-electron chi connectivity index (χ4n) is 4.00. The first kappa shape index (κ1) is 31.0. The van der Waals surface area contributed by atoms with E-state index in [1.54, 1.807) is 0 Å². The summed E-state index contributed by atoms with van der Waals surface area (Å²) in [7, 11) is 1.22. The number of hydrogen-bond acceptors (Lipinski definition) is 15. The maximum absolute atomic E-state index is 11.1. The zero-order valence-electron chi connectivity index (χ0n) is 18.5. The second kappa shape index (κ2) is 13.5. The molecule has 1 radical (unpaired) electrons. The standard InChI is InChI=1S/C19H31O15.Re/c1-29-18-14(27)12(25)17(9(5-22)31-18)34-19-15(28)13(26)16(8(4-21)32-19)33-10-2-6(23)11(24)7(3-20)30-10;/h2-3,6-19,21-28H,4-5H2,1H3;/q-1;/t6-,7-,8-,9-,10+,11-,12-,13-,14-,15-,16-,17-,18-,19+;/m1./s1. The van der Waals surface area contributed by atoms with Crippen molar-refractivity contribution in [2.24, 2.45) is 0 Å². The minimum absolute atomic E-state index is 0. The van der Waals surface area contributed by atoms with Gasteiger partial charge in [-0.15, -0.1) is 0 Å². The topological polar surface area (TPSA) is 234 Å². The Labute approximate surface area is 213 Å². The maximum atomic E-state index is 11.1. The number of methoxy groups -OCH3 is 1. The second-order valence-electron chi connectivity index (χ2n) is 8.13. The molecule has 0 aromatic heterocycles. The summed E-state index contributed by atoms with van der Waals surface area (Å²) >= 11 is 0. The molecule has 3 rings (SSSR count). The first-order valence-electron chi connectivity index (χ1n) is 10.6. The van der Waals surface area contributed by atoms with Crippen molar-refractivity contribution >= 4 is 6.29 Å². The van der Waals surface area contributed by atoms with Crippen LogP contribution in [-0.4, -0.2) is 153 Å². The molecule has 16 heteroatoms. The number of carbonyl (C=O) groups is 1. The predicted octanol–water partition coefficient (Wildman–Crippen LogP) is -5.87. The van der Waals surface area contributed by atoms with Gasteiger partial charge in [0.2, 0.25) is 0 Å². The summed E-state index contributed by atoms with van der Waals surface area (Å²) in [6, 6.07) is 0. The second-order valence-corrected chi connectivity index (χ2v) is 8.13.